The number of amides is 3. The number of nitrogens with one attached hydrogen (secondary N) is 1. The van der Waals surface area contributed by atoms with E-state index in [9.17, 15) is 18.8 Å². The van der Waals surface area contributed by atoms with Crippen molar-refractivity contribution < 1.29 is 18.8 Å². The van der Waals surface area contributed by atoms with Crippen molar-refractivity contribution in [3.8, 4) is 22.6 Å². The summed E-state index contributed by atoms with van der Waals surface area (Å²) in [6.45, 7) is 3.92. The average molecular weight is 448 g/mol. The molecule has 1 aromatic heterocycles. The molecule has 7 nitrogen and oxygen atoms in total. The molecule has 8 heteroatoms. The Hall–Kier alpha value is -3.81. The van der Waals surface area contributed by atoms with E-state index in [4.69, 9.17) is 4.98 Å². The summed E-state index contributed by atoms with van der Waals surface area (Å²) in [6.07, 6.45) is 3.36. The zero-order valence-corrected chi connectivity index (χ0v) is 18.8. The van der Waals surface area contributed by atoms with Gasteiger partial charge in [0, 0.05) is 36.5 Å². The van der Waals surface area contributed by atoms with Crippen molar-refractivity contribution in [1.82, 2.24) is 19.8 Å². The fraction of sp³-hybridized carbons (Fsp3) is 0.280. The SMILES string of the molecule is CCCC(C(=O)NC=O)N1Cc2cc(-c3cn(C)c(-c4ccc(C)c(F)c4)n3)ccc2C1=O. The smallest absolute Gasteiger partial charge is 0.255 e. The van der Waals surface area contributed by atoms with E-state index >= 15 is 0 Å². The number of halogens is 1. The number of benzene rings is 2. The number of aromatic nitrogens is 2. The van der Waals surface area contributed by atoms with Crippen LogP contribution >= 0.6 is 0 Å². The zero-order valence-electron chi connectivity index (χ0n) is 18.8. The lowest BCUT2D eigenvalue weighted by Crippen LogP contribution is -2.46. The number of rotatable bonds is 7. The van der Waals surface area contributed by atoms with Gasteiger partial charge in [0.05, 0.1) is 5.69 Å². The topological polar surface area (TPSA) is 84.3 Å². The van der Waals surface area contributed by atoms with Crippen molar-refractivity contribution in [1.29, 1.82) is 0 Å². The molecule has 0 spiro atoms. The lowest BCUT2D eigenvalue weighted by molar-refractivity contribution is -0.129. The maximum Gasteiger partial charge on any atom is 0.255 e. The molecule has 2 aromatic carbocycles. The first-order chi connectivity index (χ1) is 15.8. The Morgan fingerprint density at radius 2 is 2.00 bits per heavy atom. The molecule has 1 unspecified atom stereocenters. The number of nitrogens with zero attached hydrogens (tertiary/aromatic N) is 3. The first kappa shape index (κ1) is 22.4. The van der Waals surface area contributed by atoms with Crippen molar-refractivity contribution in [3.05, 3.63) is 65.1 Å². The summed E-state index contributed by atoms with van der Waals surface area (Å²) in [6, 6.07) is 9.79. The molecule has 0 aliphatic carbocycles. The van der Waals surface area contributed by atoms with Gasteiger partial charge in [0.1, 0.15) is 17.7 Å². The van der Waals surface area contributed by atoms with Crippen LogP contribution in [0.2, 0.25) is 0 Å². The van der Waals surface area contributed by atoms with Gasteiger partial charge in [-0.2, -0.15) is 0 Å². The van der Waals surface area contributed by atoms with Crippen LogP contribution in [0.3, 0.4) is 0 Å². The third kappa shape index (κ3) is 4.16. The molecule has 4 rings (SSSR count). The highest BCUT2D eigenvalue weighted by atomic mass is 19.1. The second kappa shape index (κ2) is 8.97. The average Bonchev–Trinajstić information content (AvgIpc) is 3.34. The summed E-state index contributed by atoms with van der Waals surface area (Å²) in [5.74, 6) is -0.357. The second-order valence-corrected chi connectivity index (χ2v) is 8.26. The molecule has 1 aliphatic rings. The number of imide groups is 1. The molecule has 3 aromatic rings. The Morgan fingerprint density at radius 1 is 1.24 bits per heavy atom. The van der Waals surface area contributed by atoms with E-state index in [1.807, 2.05) is 42.9 Å². The number of hydrogen-bond donors (Lipinski definition) is 1. The number of hydrogen-bond acceptors (Lipinski definition) is 4. The van der Waals surface area contributed by atoms with Crippen LogP contribution in [0.25, 0.3) is 22.6 Å². The largest absolute Gasteiger partial charge is 0.333 e. The van der Waals surface area contributed by atoms with E-state index in [1.165, 1.54) is 11.0 Å². The Morgan fingerprint density at radius 3 is 2.70 bits per heavy atom. The highest BCUT2D eigenvalue weighted by Gasteiger charge is 2.36. The lowest BCUT2D eigenvalue weighted by atomic mass is 10.0. The van der Waals surface area contributed by atoms with Crippen molar-refractivity contribution in [2.75, 3.05) is 0 Å². The summed E-state index contributed by atoms with van der Waals surface area (Å²) < 4.78 is 15.9. The van der Waals surface area contributed by atoms with Gasteiger partial charge in [0.15, 0.2) is 0 Å². The minimum atomic E-state index is -0.707. The first-order valence-corrected chi connectivity index (χ1v) is 10.8. The van der Waals surface area contributed by atoms with Crippen LogP contribution < -0.4 is 5.32 Å². The van der Waals surface area contributed by atoms with Gasteiger partial charge in [-0.3, -0.25) is 19.7 Å². The van der Waals surface area contributed by atoms with Gasteiger partial charge in [-0.05, 0) is 42.7 Å². The van der Waals surface area contributed by atoms with Crippen LogP contribution in [0.4, 0.5) is 4.39 Å². The molecule has 0 radical (unpaired) electrons. The van der Waals surface area contributed by atoms with Gasteiger partial charge >= 0.3 is 0 Å². The summed E-state index contributed by atoms with van der Waals surface area (Å²) in [7, 11) is 1.85. The third-order valence-corrected chi connectivity index (χ3v) is 5.98. The molecule has 1 N–H and O–H groups in total. The predicted molar refractivity (Wildman–Crippen MR) is 122 cm³/mol. The van der Waals surface area contributed by atoms with Gasteiger partial charge in [0.2, 0.25) is 12.3 Å². The molecule has 2 heterocycles. The van der Waals surface area contributed by atoms with E-state index in [0.29, 0.717) is 47.5 Å². The van der Waals surface area contributed by atoms with E-state index in [-0.39, 0.29) is 18.3 Å². The Kier molecular flexibility index (Phi) is 6.09. The number of aryl methyl sites for hydroxylation is 2. The first-order valence-electron chi connectivity index (χ1n) is 10.8. The summed E-state index contributed by atoms with van der Waals surface area (Å²) >= 11 is 0. The minimum absolute atomic E-state index is 0.229. The van der Waals surface area contributed by atoms with Crippen LogP contribution in [0.15, 0.2) is 42.6 Å². The molecule has 3 amide bonds. The fourth-order valence-corrected chi connectivity index (χ4v) is 4.22. The molecule has 1 atom stereocenters. The molecular formula is C25H25FN4O3. The molecular weight excluding hydrogens is 423 g/mol. The Bertz CT molecular complexity index is 1250. The van der Waals surface area contributed by atoms with Gasteiger partial charge in [-0.1, -0.05) is 31.5 Å². The molecule has 33 heavy (non-hydrogen) atoms. The summed E-state index contributed by atoms with van der Waals surface area (Å²) in [4.78, 5) is 42.3. The number of imidazole rings is 1. The van der Waals surface area contributed by atoms with Gasteiger partial charge in [-0.25, -0.2) is 9.37 Å². The van der Waals surface area contributed by atoms with Crippen molar-refractivity contribution >= 4 is 18.2 Å². The molecule has 0 saturated heterocycles. The Labute approximate surface area is 191 Å². The van der Waals surface area contributed by atoms with E-state index in [2.05, 4.69) is 5.32 Å². The van der Waals surface area contributed by atoms with Crippen LogP contribution in [0.5, 0.6) is 0 Å². The molecule has 0 bridgehead atoms. The number of carbonyl (C=O) groups excluding carboxylic acids is 3. The molecule has 1 aliphatic heterocycles. The van der Waals surface area contributed by atoms with Crippen LogP contribution in [0.1, 0.15) is 41.3 Å². The van der Waals surface area contributed by atoms with Crippen molar-refractivity contribution in [2.45, 2.75) is 39.3 Å². The monoisotopic (exact) mass is 448 g/mol. The number of carbonyl (C=O) groups is 3. The zero-order chi connectivity index (χ0) is 23.7. The minimum Gasteiger partial charge on any atom is -0.333 e. The van der Waals surface area contributed by atoms with E-state index in [1.54, 1.807) is 19.1 Å². The normalized spacial score (nSPS) is 13.7. The highest BCUT2D eigenvalue weighted by molar-refractivity contribution is 6.02. The van der Waals surface area contributed by atoms with E-state index in [0.717, 1.165) is 11.1 Å². The molecule has 0 saturated carbocycles. The Balaban J connectivity index is 1.64. The predicted octanol–water partition coefficient (Wildman–Crippen LogP) is 3.60. The number of fused-ring (bicyclic) bond motifs is 1. The maximum atomic E-state index is 14.1. The molecule has 0 fully saturated rings. The third-order valence-electron chi connectivity index (χ3n) is 5.98. The maximum absolute atomic E-state index is 14.1. The summed E-state index contributed by atoms with van der Waals surface area (Å²) in [5.41, 5.74) is 4.11. The van der Waals surface area contributed by atoms with Crippen LogP contribution in [-0.2, 0) is 23.2 Å². The van der Waals surface area contributed by atoms with Gasteiger partial charge < -0.3 is 9.47 Å². The fourth-order valence-electron chi connectivity index (χ4n) is 4.22. The van der Waals surface area contributed by atoms with Crippen LogP contribution in [0, 0.1) is 12.7 Å². The molecule has 170 valence electrons. The van der Waals surface area contributed by atoms with Gasteiger partial charge in [-0.15, -0.1) is 0 Å². The van der Waals surface area contributed by atoms with Crippen LogP contribution in [-0.4, -0.2) is 38.7 Å². The van der Waals surface area contributed by atoms with Crippen molar-refractivity contribution in [3.63, 3.8) is 0 Å². The standard InChI is InChI=1S/C25H25FN4O3/c1-4-5-22(24(32)27-14-31)30-12-18-10-16(8-9-19(18)25(30)33)21-13-29(3)23(28-21)17-7-6-15(2)20(26)11-17/h6-11,13-14,22H,4-5,12H2,1-3H3,(H,27,31,32). The highest BCUT2D eigenvalue weighted by Crippen LogP contribution is 2.31. The van der Waals surface area contributed by atoms with Gasteiger partial charge in [0.25, 0.3) is 5.91 Å². The quantitative estimate of drug-likeness (QED) is 0.560. The van der Waals surface area contributed by atoms with E-state index < -0.39 is 11.9 Å². The van der Waals surface area contributed by atoms with Crippen molar-refractivity contribution in [2.24, 2.45) is 7.05 Å². The second-order valence-electron chi connectivity index (χ2n) is 8.26. The summed E-state index contributed by atoms with van der Waals surface area (Å²) in [5, 5.41) is 2.17. The lowest BCUT2D eigenvalue weighted by Gasteiger charge is -2.25.